The molecule has 0 aliphatic heterocycles. The monoisotopic (exact) mass is 258 g/mol. The summed E-state index contributed by atoms with van der Waals surface area (Å²) < 4.78 is 14.0. The van der Waals surface area contributed by atoms with Gasteiger partial charge in [-0.2, -0.15) is 0 Å². The lowest BCUT2D eigenvalue weighted by Crippen LogP contribution is -2.14. The van der Waals surface area contributed by atoms with E-state index in [1.165, 1.54) is 0 Å². The van der Waals surface area contributed by atoms with Gasteiger partial charge in [-0.25, -0.2) is 4.39 Å². The molecule has 0 amide bonds. The van der Waals surface area contributed by atoms with E-state index in [-0.39, 0.29) is 5.82 Å². The smallest absolute Gasteiger partial charge is 0.128 e. The molecule has 3 heteroatoms. The summed E-state index contributed by atoms with van der Waals surface area (Å²) in [6.45, 7) is 5.57. The molecule has 1 aromatic carbocycles. The largest absolute Gasteiger partial charge is 0.313 e. The number of halogens is 1. The van der Waals surface area contributed by atoms with Crippen LogP contribution in [-0.2, 0) is 6.54 Å². The molecule has 0 atom stereocenters. The lowest BCUT2D eigenvalue weighted by atomic mass is 10.0. The fourth-order valence-corrected chi connectivity index (χ4v) is 2.06. The Morgan fingerprint density at radius 2 is 2.11 bits per heavy atom. The van der Waals surface area contributed by atoms with E-state index in [1.807, 2.05) is 25.1 Å². The summed E-state index contributed by atoms with van der Waals surface area (Å²) in [5, 5.41) is 3.21. The van der Waals surface area contributed by atoms with Gasteiger partial charge < -0.3 is 5.32 Å². The summed E-state index contributed by atoms with van der Waals surface area (Å²) in [7, 11) is 0. The van der Waals surface area contributed by atoms with Crippen LogP contribution in [0.3, 0.4) is 0 Å². The summed E-state index contributed by atoms with van der Waals surface area (Å²) in [5.41, 5.74) is 3.70. The Morgan fingerprint density at radius 3 is 2.79 bits per heavy atom. The lowest BCUT2D eigenvalue weighted by Gasteiger charge is -2.09. The molecule has 1 N–H and O–H groups in total. The first-order valence-electron chi connectivity index (χ1n) is 6.62. The van der Waals surface area contributed by atoms with Crippen molar-refractivity contribution in [2.24, 2.45) is 0 Å². The van der Waals surface area contributed by atoms with Crippen molar-refractivity contribution in [1.82, 2.24) is 10.3 Å². The summed E-state index contributed by atoms with van der Waals surface area (Å²) in [4.78, 5) is 4.06. The minimum Gasteiger partial charge on any atom is -0.313 e. The zero-order valence-electron chi connectivity index (χ0n) is 11.4. The molecule has 0 spiro atoms. The molecule has 0 saturated heterocycles. The second-order valence-electron chi connectivity index (χ2n) is 4.67. The van der Waals surface area contributed by atoms with Gasteiger partial charge in [-0.05, 0) is 48.7 Å². The van der Waals surface area contributed by atoms with E-state index in [0.29, 0.717) is 12.1 Å². The topological polar surface area (TPSA) is 24.9 Å². The third-order valence-electron chi connectivity index (χ3n) is 3.13. The van der Waals surface area contributed by atoms with Gasteiger partial charge in [0.25, 0.3) is 0 Å². The fourth-order valence-electron chi connectivity index (χ4n) is 2.06. The highest BCUT2D eigenvalue weighted by Gasteiger charge is 2.06. The number of pyridine rings is 1. The first-order valence-corrected chi connectivity index (χ1v) is 6.62. The van der Waals surface area contributed by atoms with Gasteiger partial charge in [0.2, 0.25) is 0 Å². The van der Waals surface area contributed by atoms with Crippen molar-refractivity contribution in [1.29, 1.82) is 0 Å². The Balaban J connectivity index is 2.21. The summed E-state index contributed by atoms with van der Waals surface area (Å²) >= 11 is 0. The van der Waals surface area contributed by atoms with E-state index in [2.05, 4.69) is 17.2 Å². The van der Waals surface area contributed by atoms with Crippen LogP contribution in [0.5, 0.6) is 0 Å². The molecule has 1 heterocycles. The van der Waals surface area contributed by atoms with Crippen molar-refractivity contribution in [3.05, 3.63) is 53.6 Å². The third-order valence-corrected chi connectivity index (χ3v) is 3.13. The normalized spacial score (nSPS) is 10.7. The zero-order chi connectivity index (χ0) is 13.7. The highest BCUT2D eigenvalue weighted by Crippen LogP contribution is 2.24. The molecule has 2 aromatic rings. The lowest BCUT2D eigenvalue weighted by molar-refractivity contribution is 0.587. The SMILES string of the molecule is CCCNCc1ccc(-c2ccncc2C)cc1F. The average molecular weight is 258 g/mol. The zero-order valence-corrected chi connectivity index (χ0v) is 11.4. The maximum Gasteiger partial charge on any atom is 0.128 e. The van der Waals surface area contributed by atoms with Crippen molar-refractivity contribution in [3.8, 4) is 11.1 Å². The first kappa shape index (κ1) is 13.7. The van der Waals surface area contributed by atoms with E-state index in [0.717, 1.165) is 29.7 Å². The number of hydrogen-bond donors (Lipinski definition) is 1. The molecular formula is C16H19FN2. The van der Waals surface area contributed by atoms with Crippen molar-refractivity contribution in [2.45, 2.75) is 26.8 Å². The quantitative estimate of drug-likeness (QED) is 0.827. The van der Waals surface area contributed by atoms with Crippen LogP contribution in [0.2, 0.25) is 0 Å². The van der Waals surface area contributed by atoms with Crippen LogP contribution in [-0.4, -0.2) is 11.5 Å². The molecule has 19 heavy (non-hydrogen) atoms. The minimum atomic E-state index is -0.155. The number of aryl methyl sites for hydroxylation is 1. The van der Waals surface area contributed by atoms with Gasteiger partial charge >= 0.3 is 0 Å². The molecule has 0 fully saturated rings. The van der Waals surface area contributed by atoms with Gasteiger partial charge in [0.1, 0.15) is 5.82 Å². The van der Waals surface area contributed by atoms with E-state index in [4.69, 9.17) is 0 Å². The number of aromatic nitrogens is 1. The average Bonchev–Trinajstić information content (AvgIpc) is 2.41. The van der Waals surface area contributed by atoms with Crippen molar-refractivity contribution >= 4 is 0 Å². The van der Waals surface area contributed by atoms with Gasteiger partial charge in [-0.3, -0.25) is 4.98 Å². The molecule has 0 aliphatic rings. The molecule has 100 valence electrons. The third kappa shape index (κ3) is 3.38. The maximum atomic E-state index is 14.0. The van der Waals surface area contributed by atoms with Crippen LogP contribution in [0.4, 0.5) is 4.39 Å². The van der Waals surface area contributed by atoms with Crippen LogP contribution >= 0.6 is 0 Å². The number of rotatable bonds is 5. The molecule has 0 saturated carbocycles. The van der Waals surface area contributed by atoms with Crippen molar-refractivity contribution in [2.75, 3.05) is 6.54 Å². The summed E-state index contributed by atoms with van der Waals surface area (Å²) in [5.74, 6) is -0.155. The Morgan fingerprint density at radius 1 is 1.26 bits per heavy atom. The van der Waals surface area contributed by atoms with Crippen molar-refractivity contribution in [3.63, 3.8) is 0 Å². The Kier molecular flexibility index (Phi) is 4.63. The van der Waals surface area contributed by atoms with Crippen LogP contribution in [0.15, 0.2) is 36.7 Å². The Labute approximate surface area is 113 Å². The number of benzene rings is 1. The molecule has 0 aliphatic carbocycles. The van der Waals surface area contributed by atoms with E-state index >= 15 is 0 Å². The van der Waals surface area contributed by atoms with Gasteiger partial charge in [-0.15, -0.1) is 0 Å². The van der Waals surface area contributed by atoms with E-state index < -0.39 is 0 Å². The number of hydrogen-bond acceptors (Lipinski definition) is 2. The van der Waals surface area contributed by atoms with E-state index in [1.54, 1.807) is 18.5 Å². The van der Waals surface area contributed by atoms with E-state index in [9.17, 15) is 4.39 Å². The number of nitrogens with zero attached hydrogens (tertiary/aromatic N) is 1. The standard InChI is InChI=1S/C16H19FN2/c1-3-7-18-11-14-5-4-13(9-16(14)17)15-6-8-19-10-12(15)2/h4-6,8-10,18H,3,7,11H2,1-2H3. The summed E-state index contributed by atoms with van der Waals surface area (Å²) in [6.07, 6.45) is 4.58. The molecular weight excluding hydrogens is 239 g/mol. The Bertz CT molecular complexity index is 552. The second kappa shape index (κ2) is 6.43. The van der Waals surface area contributed by atoms with Gasteiger partial charge in [0, 0.05) is 24.5 Å². The van der Waals surface area contributed by atoms with Crippen LogP contribution < -0.4 is 5.32 Å². The fraction of sp³-hybridized carbons (Fsp3) is 0.312. The first-order chi connectivity index (χ1) is 9.22. The van der Waals surface area contributed by atoms with Crippen LogP contribution in [0.1, 0.15) is 24.5 Å². The maximum absolute atomic E-state index is 14.0. The molecule has 2 rings (SSSR count). The molecule has 1 aromatic heterocycles. The van der Waals surface area contributed by atoms with Crippen molar-refractivity contribution < 1.29 is 4.39 Å². The van der Waals surface area contributed by atoms with Crippen LogP contribution in [0.25, 0.3) is 11.1 Å². The molecule has 0 bridgehead atoms. The minimum absolute atomic E-state index is 0.155. The summed E-state index contributed by atoms with van der Waals surface area (Å²) in [6, 6.07) is 7.34. The number of nitrogens with one attached hydrogen (secondary N) is 1. The Hall–Kier alpha value is -1.74. The van der Waals surface area contributed by atoms with Gasteiger partial charge in [-0.1, -0.05) is 19.1 Å². The molecule has 0 unspecified atom stereocenters. The molecule has 2 nitrogen and oxygen atoms in total. The highest BCUT2D eigenvalue weighted by molar-refractivity contribution is 5.66. The van der Waals surface area contributed by atoms with Gasteiger partial charge in [0.15, 0.2) is 0 Å². The van der Waals surface area contributed by atoms with Gasteiger partial charge in [0.05, 0.1) is 0 Å². The highest BCUT2D eigenvalue weighted by atomic mass is 19.1. The predicted octanol–water partition coefficient (Wildman–Crippen LogP) is 3.70. The second-order valence-corrected chi connectivity index (χ2v) is 4.67. The predicted molar refractivity (Wildman–Crippen MR) is 76.4 cm³/mol. The van der Waals surface area contributed by atoms with Crippen LogP contribution in [0, 0.1) is 12.7 Å². The molecule has 0 radical (unpaired) electrons.